The lowest BCUT2D eigenvalue weighted by molar-refractivity contribution is -0.136. The molecule has 1 N–H and O–H groups in total. The summed E-state index contributed by atoms with van der Waals surface area (Å²) in [6.45, 7) is 13.3. The van der Waals surface area contributed by atoms with Crippen molar-refractivity contribution in [3.05, 3.63) is 22.5 Å². The molecule has 0 aliphatic carbocycles. The smallest absolute Gasteiger partial charge is 0.309 e. The van der Waals surface area contributed by atoms with Crippen LogP contribution in [-0.2, 0) is 17.8 Å². The molecule has 0 spiro atoms. The molecule has 0 unspecified atom stereocenters. The second kappa shape index (κ2) is 17.0. The number of unbranched alkanes of at least 4 members (excludes halogenated alkanes) is 14. The van der Waals surface area contributed by atoms with E-state index in [4.69, 9.17) is 0 Å². The highest BCUT2D eigenvalue weighted by molar-refractivity contribution is 5.99. The van der Waals surface area contributed by atoms with E-state index in [0.717, 1.165) is 35.4 Å². The molecule has 1 heterocycles. The number of aromatic nitrogens is 1. The van der Waals surface area contributed by atoms with Crippen LogP contribution in [0, 0.1) is 19.3 Å². The van der Waals surface area contributed by atoms with E-state index in [9.17, 15) is 14.7 Å². The highest BCUT2D eigenvalue weighted by Gasteiger charge is 2.25. The first-order valence-corrected chi connectivity index (χ1v) is 14.5. The van der Waals surface area contributed by atoms with E-state index in [0.29, 0.717) is 13.0 Å². The molecule has 0 amide bonds. The Kier molecular flexibility index (Phi) is 15.3. The van der Waals surface area contributed by atoms with Gasteiger partial charge in [-0.3, -0.25) is 9.59 Å². The number of carbonyl (C=O) groups is 2. The Hall–Kier alpha value is -1.58. The maximum Gasteiger partial charge on any atom is 0.309 e. The van der Waals surface area contributed by atoms with E-state index >= 15 is 0 Å². The number of hydrogen-bond donors (Lipinski definition) is 1. The number of aliphatic carboxylic acids is 1. The minimum absolute atomic E-state index is 0.0119. The van der Waals surface area contributed by atoms with E-state index in [1.807, 2.05) is 13.8 Å². The van der Waals surface area contributed by atoms with Crippen molar-refractivity contribution in [3.8, 4) is 0 Å². The standard InChI is InChI=1S/C31H55NO3/c1-7-8-9-10-11-12-13-14-15-16-17-18-19-20-21-22-28(33)30-25(2)27(23-29(34)35)32(26(30)3)24-31(4,5)6/h7-24H2,1-6H3,(H,34,35). The van der Waals surface area contributed by atoms with Gasteiger partial charge in [0.05, 0.1) is 6.42 Å². The Balaban J connectivity index is 2.32. The van der Waals surface area contributed by atoms with E-state index in [-0.39, 0.29) is 17.6 Å². The van der Waals surface area contributed by atoms with Gasteiger partial charge in [-0.2, -0.15) is 0 Å². The molecular weight excluding hydrogens is 434 g/mol. The lowest BCUT2D eigenvalue weighted by atomic mass is 9.96. The van der Waals surface area contributed by atoms with Gasteiger partial charge in [0.2, 0.25) is 0 Å². The van der Waals surface area contributed by atoms with E-state index < -0.39 is 5.97 Å². The van der Waals surface area contributed by atoms with Gasteiger partial charge in [-0.1, -0.05) is 118 Å². The number of rotatable bonds is 20. The largest absolute Gasteiger partial charge is 0.481 e. The predicted molar refractivity (Wildman–Crippen MR) is 149 cm³/mol. The Labute approximate surface area is 216 Å². The Morgan fingerprint density at radius 1 is 0.743 bits per heavy atom. The van der Waals surface area contributed by atoms with Gasteiger partial charge in [0.25, 0.3) is 0 Å². The first kappa shape index (κ1) is 31.4. The number of Topliss-reactive ketones (excluding diaryl/α,β-unsaturated/α-hetero) is 1. The highest BCUT2D eigenvalue weighted by Crippen LogP contribution is 2.29. The molecule has 0 atom stereocenters. The quantitative estimate of drug-likeness (QED) is 0.147. The van der Waals surface area contributed by atoms with Gasteiger partial charge in [-0.05, 0) is 31.2 Å². The summed E-state index contributed by atoms with van der Waals surface area (Å²) in [5.41, 5.74) is 3.35. The summed E-state index contributed by atoms with van der Waals surface area (Å²) in [4.78, 5) is 24.5. The van der Waals surface area contributed by atoms with Gasteiger partial charge in [-0.25, -0.2) is 0 Å². The fraction of sp³-hybridized carbons (Fsp3) is 0.806. The number of ketones is 1. The molecule has 0 saturated carbocycles. The van der Waals surface area contributed by atoms with Gasteiger partial charge in [-0.15, -0.1) is 0 Å². The fourth-order valence-corrected chi connectivity index (χ4v) is 5.21. The molecular formula is C31H55NO3. The van der Waals surface area contributed by atoms with Gasteiger partial charge in [0, 0.05) is 29.9 Å². The van der Waals surface area contributed by atoms with Gasteiger partial charge in [0.1, 0.15) is 0 Å². The zero-order chi connectivity index (χ0) is 26.3. The number of carboxylic acids is 1. The molecule has 4 heteroatoms. The maximum atomic E-state index is 13.1. The van der Waals surface area contributed by atoms with E-state index in [1.54, 1.807) is 0 Å². The number of nitrogens with zero attached hydrogens (tertiary/aromatic N) is 1. The Bertz CT molecular complexity index is 754. The molecule has 0 saturated heterocycles. The molecule has 202 valence electrons. The average molecular weight is 490 g/mol. The monoisotopic (exact) mass is 489 g/mol. The zero-order valence-electron chi connectivity index (χ0n) is 23.9. The lowest BCUT2D eigenvalue weighted by Gasteiger charge is -2.22. The summed E-state index contributed by atoms with van der Waals surface area (Å²) in [6.07, 6.45) is 20.2. The van der Waals surface area contributed by atoms with Crippen LogP contribution in [0.15, 0.2) is 0 Å². The summed E-state index contributed by atoms with van der Waals surface area (Å²) < 4.78 is 2.07. The molecule has 0 radical (unpaired) electrons. The third-order valence-electron chi connectivity index (χ3n) is 7.14. The number of carbonyl (C=O) groups excluding carboxylic acids is 1. The van der Waals surface area contributed by atoms with Crippen LogP contribution < -0.4 is 0 Å². The van der Waals surface area contributed by atoms with Gasteiger partial charge >= 0.3 is 5.97 Å². The fourth-order valence-electron chi connectivity index (χ4n) is 5.21. The SMILES string of the molecule is CCCCCCCCCCCCCCCCCC(=O)c1c(C)c(CC(=O)O)n(CC(C)(C)C)c1C. The predicted octanol–water partition coefficient (Wildman–Crippen LogP) is 9.22. The molecule has 0 fully saturated rings. The third-order valence-corrected chi connectivity index (χ3v) is 7.14. The normalized spacial score (nSPS) is 11.8. The second-order valence-corrected chi connectivity index (χ2v) is 11.9. The first-order chi connectivity index (χ1) is 16.6. The van der Waals surface area contributed by atoms with Crippen molar-refractivity contribution in [2.24, 2.45) is 5.41 Å². The Morgan fingerprint density at radius 2 is 1.17 bits per heavy atom. The van der Waals surface area contributed by atoms with Crippen molar-refractivity contribution in [2.45, 2.75) is 157 Å². The lowest BCUT2D eigenvalue weighted by Crippen LogP contribution is -2.20. The van der Waals surface area contributed by atoms with Gasteiger partial charge < -0.3 is 9.67 Å². The first-order valence-electron chi connectivity index (χ1n) is 14.5. The average Bonchev–Trinajstić information content (AvgIpc) is 2.98. The van der Waals surface area contributed by atoms with Crippen LogP contribution in [0.5, 0.6) is 0 Å². The number of carboxylic acid groups (broad SMARTS) is 1. The van der Waals surface area contributed by atoms with Crippen LogP contribution in [0.3, 0.4) is 0 Å². The van der Waals surface area contributed by atoms with Crippen LogP contribution in [0.25, 0.3) is 0 Å². The van der Waals surface area contributed by atoms with Crippen molar-refractivity contribution in [3.63, 3.8) is 0 Å². The molecule has 1 rings (SSSR count). The van der Waals surface area contributed by atoms with Crippen molar-refractivity contribution in [1.82, 2.24) is 4.57 Å². The zero-order valence-corrected chi connectivity index (χ0v) is 23.9. The van der Waals surface area contributed by atoms with Gasteiger partial charge in [0.15, 0.2) is 5.78 Å². The topological polar surface area (TPSA) is 59.3 Å². The van der Waals surface area contributed by atoms with Crippen molar-refractivity contribution < 1.29 is 14.7 Å². The van der Waals surface area contributed by atoms with Crippen LogP contribution in [0.2, 0.25) is 0 Å². The summed E-state index contributed by atoms with van der Waals surface area (Å²) in [7, 11) is 0. The molecule has 1 aromatic heterocycles. The maximum absolute atomic E-state index is 13.1. The molecule has 0 aliphatic heterocycles. The molecule has 4 nitrogen and oxygen atoms in total. The van der Waals surface area contributed by atoms with Crippen LogP contribution >= 0.6 is 0 Å². The number of hydrogen-bond acceptors (Lipinski definition) is 2. The van der Waals surface area contributed by atoms with Crippen LogP contribution in [0.1, 0.15) is 158 Å². The highest BCUT2D eigenvalue weighted by atomic mass is 16.4. The molecule has 35 heavy (non-hydrogen) atoms. The van der Waals surface area contributed by atoms with E-state index in [2.05, 4.69) is 32.3 Å². The summed E-state index contributed by atoms with van der Waals surface area (Å²) in [5.74, 6) is -0.670. The summed E-state index contributed by atoms with van der Waals surface area (Å²) in [6, 6.07) is 0. The molecule has 0 bridgehead atoms. The van der Waals surface area contributed by atoms with Crippen LogP contribution in [0.4, 0.5) is 0 Å². The second-order valence-electron chi connectivity index (χ2n) is 11.9. The third kappa shape index (κ3) is 12.8. The summed E-state index contributed by atoms with van der Waals surface area (Å²) in [5, 5.41) is 9.41. The van der Waals surface area contributed by atoms with E-state index in [1.165, 1.54) is 83.5 Å². The van der Waals surface area contributed by atoms with Crippen molar-refractivity contribution >= 4 is 11.8 Å². The molecule has 1 aromatic rings. The van der Waals surface area contributed by atoms with Crippen LogP contribution in [-0.4, -0.2) is 21.4 Å². The van der Waals surface area contributed by atoms with Crippen molar-refractivity contribution in [1.29, 1.82) is 0 Å². The minimum Gasteiger partial charge on any atom is -0.481 e. The van der Waals surface area contributed by atoms with Crippen molar-refractivity contribution in [2.75, 3.05) is 0 Å². The minimum atomic E-state index is -0.845. The Morgan fingerprint density at radius 3 is 1.57 bits per heavy atom. The summed E-state index contributed by atoms with van der Waals surface area (Å²) >= 11 is 0. The molecule has 0 aliphatic rings. The molecule has 0 aromatic carbocycles.